The number of hydrogen-bond donors (Lipinski definition) is 0. The highest BCUT2D eigenvalue weighted by Gasteiger charge is 2.27. The molecule has 1 aromatic carbocycles. The summed E-state index contributed by atoms with van der Waals surface area (Å²) in [7, 11) is 0. The van der Waals surface area contributed by atoms with Gasteiger partial charge in [-0.15, -0.1) is 5.10 Å². The number of ether oxygens (including phenoxy) is 2. The van der Waals surface area contributed by atoms with E-state index in [9.17, 15) is 18.0 Å². The number of alkyl halides is 3. The molecule has 0 unspecified atom stereocenters. The second-order valence-electron chi connectivity index (χ2n) is 4.14. The van der Waals surface area contributed by atoms with Gasteiger partial charge in [-0.05, 0) is 34.7 Å². The van der Waals surface area contributed by atoms with E-state index < -0.39 is 18.8 Å². The van der Waals surface area contributed by atoms with E-state index >= 15 is 0 Å². The van der Waals surface area contributed by atoms with Crippen molar-refractivity contribution in [1.82, 2.24) is 20.2 Å². The highest BCUT2D eigenvalue weighted by atomic mass is 19.4. The molecule has 0 aliphatic rings. The van der Waals surface area contributed by atoms with Crippen molar-refractivity contribution in [2.75, 3.05) is 13.2 Å². The molecular weight excluding hydrogens is 305 g/mol. The molecule has 0 atom stereocenters. The second kappa shape index (κ2) is 6.98. The van der Waals surface area contributed by atoms with Crippen molar-refractivity contribution in [3.63, 3.8) is 0 Å². The lowest BCUT2D eigenvalue weighted by Gasteiger charge is -2.08. The third kappa shape index (κ3) is 5.13. The molecule has 0 fully saturated rings. The molecule has 10 heteroatoms. The molecule has 1 heterocycles. The van der Waals surface area contributed by atoms with Crippen LogP contribution in [-0.4, -0.2) is 45.6 Å². The third-order valence-electron chi connectivity index (χ3n) is 2.40. The molecule has 0 aliphatic carbocycles. The van der Waals surface area contributed by atoms with Gasteiger partial charge in [0, 0.05) is 0 Å². The number of carbonyl (C=O) groups is 1. The van der Waals surface area contributed by atoms with Gasteiger partial charge < -0.3 is 9.47 Å². The summed E-state index contributed by atoms with van der Waals surface area (Å²) in [5.41, 5.74) is 0.665. The average Bonchev–Trinajstić information content (AvgIpc) is 2.98. The SMILES string of the molecule is O=C(CCOCC(F)(F)F)Oc1ccc(-n2cnnn2)cc1. The minimum Gasteiger partial charge on any atom is -0.426 e. The maximum absolute atomic E-state index is 11.8. The van der Waals surface area contributed by atoms with Gasteiger partial charge in [-0.3, -0.25) is 4.79 Å². The second-order valence-corrected chi connectivity index (χ2v) is 4.14. The summed E-state index contributed by atoms with van der Waals surface area (Å²) in [4.78, 5) is 11.4. The molecule has 118 valence electrons. The maximum Gasteiger partial charge on any atom is 0.411 e. The molecule has 0 bridgehead atoms. The van der Waals surface area contributed by atoms with Gasteiger partial charge >= 0.3 is 12.1 Å². The highest BCUT2D eigenvalue weighted by Crippen LogP contribution is 2.16. The number of nitrogens with zero attached hydrogens (tertiary/aromatic N) is 4. The number of aromatic nitrogens is 4. The zero-order valence-electron chi connectivity index (χ0n) is 11.2. The van der Waals surface area contributed by atoms with E-state index in [-0.39, 0.29) is 18.8 Å². The lowest BCUT2D eigenvalue weighted by atomic mass is 10.3. The first kappa shape index (κ1) is 15.9. The molecule has 0 saturated heterocycles. The van der Waals surface area contributed by atoms with Crippen molar-refractivity contribution in [1.29, 1.82) is 0 Å². The summed E-state index contributed by atoms with van der Waals surface area (Å²) in [6, 6.07) is 6.29. The van der Waals surface area contributed by atoms with E-state index in [0.717, 1.165) is 0 Å². The third-order valence-corrected chi connectivity index (χ3v) is 2.40. The molecule has 0 amide bonds. The summed E-state index contributed by atoms with van der Waals surface area (Å²) >= 11 is 0. The number of carbonyl (C=O) groups excluding carboxylic acids is 1. The van der Waals surface area contributed by atoms with E-state index in [0.29, 0.717) is 5.69 Å². The van der Waals surface area contributed by atoms with Crippen molar-refractivity contribution in [2.45, 2.75) is 12.6 Å². The fraction of sp³-hybridized carbons (Fsp3) is 0.333. The van der Waals surface area contributed by atoms with Crippen LogP contribution in [0, 0.1) is 0 Å². The standard InChI is InChI=1S/C12H11F3N4O3/c13-12(14,15)7-21-6-5-11(20)22-10-3-1-9(2-4-10)19-8-16-17-18-19/h1-4,8H,5-7H2. The molecular formula is C12H11F3N4O3. The van der Waals surface area contributed by atoms with Crippen LogP contribution in [0.1, 0.15) is 6.42 Å². The highest BCUT2D eigenvalue weighted by molar-refractivity contribution is 5.72. The summed E-state index contributed by atoms with van der Waals surface area (Å²) in [5.74, 6) is -0.421. The lowest BCUT2D eigenvalue weighted by Crippen LogP contribution is -2.19. The van der Waals surface area contributed by atoms with Crippen LogP contribution < -0.4 is 4.74 Å². The van der Waals surface area contributed by atoms with Crippen LogP contribution in [0.2, 0.25) is 0 Å². The maximum atomic E-state index is 11.8. The van der Waals surface area contributed by atoms with E-state index in [1.807, 2.05) is 0 Å². The van der Waals surface area contributed by atoms with Gasteiger partial charge in [-0.25, -0.2) is 4.68 Å². The average molecular weight is 316 g/mol. The molecule has 0 spiro atoms. The first-order valence-corrected chi connectivity index (χ1v) is 6.13. The number of halogens is 3. The zero-order valence-corrected chi connectivity index (χ0v) is 11.2. The normalized spacial score (nSPS) is 11.4. The largest absolute Gasteiger partial charge is 0.426 e. The Kier molecular flexibility index (Phi) is 5.04. The number of esters is 1. The van der Waals surface area contributed by atoms with Gasteiger partial charge in [-0.2, -0.15) is 13.2 Å². The Morgan fingerprint density at radius 1 is 1.23 bits per heavy atom. The van der Waals surface area contributed by atoms with Gasteiger partial charge in [0.25, 0.3) is 0 Å². The zero-order chi connectivity index (χ0) is 16.0. The minimum atomic E-state index is -4.41. The van der Waals surface area contributed by atoms with Gasteiger partial charge in [0.15, 0.2) is 0 Å². The first-order valence-electron chi connectivity index (χ1n) is 6.13. The Morgan fingerprint density at radius 3 is 2.55 bits per heavy atom. The predicted molar refractivity (Wildman–Crippen MR) is 66.3 cm³/mol. The number of tetrazole rings is 1. The van der Waals surface area contributed by atoms with Crippen molar-refractivity contribution < 1.29 is 27.4 Å². The molecule has 7 nitrogen and oxygen atoms in total. The molecule has 1 aromatic heterocycles. The molecule has 2 aromatic rings. The van der Waals surface area contributed by atoms with E-state index in [1.165, 1.54) is 23.1 Å². The topological polar surface area (TPSA) is 79.1 Å². The summed E-state index contributed by atoms with van der Waals surface area (Å²) < 4.78 is 46.2. The van der Waals surface area contributed by atoms with Crippen LogP contribution in [0.15, 0.2) is 30.6 Å². The van der Waals surface area contributed by atoms with Gasteiger partial charge in [0.2, 0.25) is 0 Å². The van der Waals surface area contributed by atoms with Crippen molar-refractivity contribution in [3.05, 3.63) is 30.6 Å². The van der Waals surface area contributed by atoms with Crippen LogP contribution in [0.5, 0.6) is 5.75 Å². The number of rotatable bonds is 6. The first-order chi connectivity index (χ1) is 10.4. The van der Waals surface area contributed by atoms with E-state index in [2.05, 4.69) is 20.3 Å². The summed E-state index contributed by atoms with van der Waals surface area (Å²) in [5, 5.41) is 10.6. The quantitative estimate of drug-likeness (QED) is 0.457. The van der Waals surface area contributed by atoms with Gasteiger partial charge in [-0.1, -0.05) is 0 Å². The van der Waals surface area contributed by atoms with E-state index in [1.54, 1.807) is 12.1 Å². The van der Waals surface area contributed by atoms with Gasteiger partial charge in [0.1, 0.15) is 18.7 Å². The summed E-state index contributed by atoms with van der Waals surface area (Å²) in [6.45, 7) is -1.75. The van der Waals surface area contributed by atoms with Crippen LogP contribution in [0.25, 0.3) is 5.69 Å². The Morgan fingerprint density at radius 2 is 1.95 bits per heavy atom. The lowest BCUT2D eigenvalue weighted by molar-refractivity contribution is -0.175. The van der Waals surface area contributed by atoms with Crippen LogP contribution in [-0.2, 0) is 9.53 Å². The van der Waals surface area contributed by atoms with Crippen molar-refractivity contribution >= 4 is 5.97 Å². The number of hydrogen-bond acceptors (Lipinski definition) is 6. The van der Waals surface area contributed by atoms with Gasteiger partial charge in [0.05, 0.1) is 18.7 Å². The number of benzene rings is 1. The fourth-order valence-corrected chi connectivity index (χ4v) is 1.47. The predicted octanol–water partition coefficient (Wildman–Crippen LogP) is 1.54. The Balaban J connectivity index is 1.77. The fourth-order valence-electron chi connectivity index (χ4n) is 1.47. The van der Waals surface area contributed by atoms with Crippen LogP contribution in [0.3, 0.4) is 0 Å². The molecule has 0 N–H and O–H groups in total. The monoisotopic (exact) mass is 316 g/mol. The Labute approximate surface area is 122 Å². The smallest absolute Gasteiger partial charge is 0.411 e. The van der Waals surface area contributed by atoms with Crippen LogP contribution in [0.4, 0.5) is 13.2 Å². The van der Waals surface area contributed by atoms with E-state index in [4.69, 9.17) is 4.74 Å². The Hall–Kier alpha value is -2.49. The summed E-state index contributed by atoms with van der Waals surface area (Å²) in [6.07, 6.45) is -3.28. The van der Waals surface area contributed by atoms with Crippen molar-refractivity contribution in [3.8, 4) is 11.4 Å². The molecule has 22 heavy (non-hydrogen) atoms. The Bertz CT molecular complexity index is 599. The van der Waals surface area contributed by atoms with Crippen LogP contribution >= 0.6 is 0 Å². The molecule has 2 rings (SSSR count). The molecule has 0 saturated carbocycles. The minimum absolute atomic E-state index is 0.262. The van der Waals surface area contributed by atoms with Crippen molar-refractivity contribution in [2.24, 2.45) is 0 Å². The molecule has 0 aliphatic heterocycles. The molecule has 0 radical (unpaired) electrons.